The van der Waals surface area contributed by atoms with E-state index in [-0.39, 0.29) is 28.7 Å². The molecule has 1 aliphatic heterocycles. The molecule has 29 heavy (non-hydrogen) atoms. The first-order chi connectivity index (χ1) is 13.5. The third-order valence-corrected chi connectivity index (χ3v) is 9.33. The topological polar surface area (TPSA) is 69.6 Å². The van der Waals surface area contributed by atoms with Crippen molar-refractivity contribution >= 4 is 11.8 Å². The molecule has 7 atom stereocenters. The lowest BCUT2D eigenvalue weighted by Crippen LogP contribution is -2.63. The van der Waals surface area contributed by atoms with E-state index in [9.17, 15) is 14.7 Å². The second kappa shape index (κ2) is 6.83. The minimum Gasteiger partial charge on any atom is -0.379 e. The number of nitrogens with one attached hydrogen (secondary N) is 1. The highest BCUT2D eigenvalue weighted by atomic mass is 16.3. The summed E-state index contributed by atoms with van der Waals surface area (Å²) in [5, 5.41) is 14.6. The monoisotopic (exact) mass is 402 g/mol. The Balaban J connectivity index is 1.60. The molecule has 0 aromatic rings. The fraction of sp³-hybridized carbons (Fsp3) is 0.833. The number of likely N-dealkylation sites (N-methyl/N-ethyl adjacent to an activating group) is 1. The molecule has 3 fully saturated rings. The van der Waals surface area contributed by atoms with Crippen molar-refractivity contribution in [1.29, 1.82) is 0 Å². The van der Waals surface area contributed by atoms with Gasteiger partial charge in [-0.1, -0.05) is 33.8 Å². The van der Waals surface area contributed by atoms with Crippen LogP contribution in [0, 0.1) is 34.5 Å². The van der Waals surface area contributed by atoms with Crippen LogP contribution < -0.4 is 5.32 Å². The first-order valence-electron chi connectivity index (χ1n) is 11.5. The lowest BCUT2D eigenvalue weighted by atomic mass is 9.47. The Morgan fingerprint density at radius 1 is 1.21 bits per heavy atom. The maximum absolute atomic E-state index is 13.0. The molecule has 3 aliphatic carbocycles. The third-order valence-electron chi connectivity index (χ3n) is 9.33. The molecular formula is C24H38N2O3. The SMILES string of the molecule is CC(C)CNC(=O)C1(O)CC[C@H]2[C@@H]3CCC4N(C)C(=O)C=C[C@]4(C)[C@@H]3CC[C@@]21C. The van der Waals surface area contributed by atoms with E-state index < -0.39 is 5.60 Å². The van der Waals surface area contributed by atoms with Gasteiger partial charge in [0.05, 0.1) is 0 Å². The summed E-state index contributed by atoms with van der Waals surface area (Å²) >= 11 is 0. The average molecular weight is 403 g/mol. The second-order valence-electron chi connectivity index (χ2n) is 11.1. The van der Waals surface area contributed by atoms with Crippen LogP contribution in [0.3, 0.4) is 0 Å². The zero-order valence-corrected chi connectivity index (χ0v) is 18.7. The fourth-order valence-electron chi connectivity index (χ4n) is 7.57. The molecular weight excluding hydrogens is 364 g/mol. The maximum atomic E-state index is 13.0. The van der Waals surface area contributed by atoms with Gasteiger partial charge in [0.25, 0.3) is 5.91 Å². The Morgan fingerprint density at radius 2 is 1.90 bits per heavy atom. The fourth-order valence-corrected chi connectivity index (χ4v) is 7.57. The molecule has 1 heterocycles. The third kappa shape index (κ3) is 2.83. The molecule has 4 aliphatic rings. The highest BCUT2D eigenvalue weighted by Gasteiger charge is 2.67. The molecule has 2 unspecified atom stereocenters. The van der Waals surface area contributed by atoms with Gasteiger partial charge in [-0.05, 0) is 68.3 Å². The van der Waals surface area contributed by atoms with Crippen molar-refractivity contribution in [3.05, 3.63) is 12.2 Å². The summed E-state index contributed by atoms with van der Waals surface area (Å²) in [6.45, 7) is 9.25. The van der Waals surface area contributed by atoms with E-state index in [0.29, 0.717) is 36.6 Å². The summed E-state index contributed by atoms with van der Waals surface area (Å²) in [7, 11) is 1.94. The van der Waals surface area contributed by atoms with Gasteiger partial charge < -0.3 is 15.3 Å². The van der Waals surface area contributed by atoms with Gasteiger partial charge in [0.1, 0.15) is 5.60 Å². The van der Waals surface area contributed by atoms with E-state index in [1.165, 1.54) is 0 Å². The number of rotatable bonds is 3. The van der Waals surface area contributed by atoms with Crippen molar-refractivity contribution in [3.8, 4) is 0 Å². The van der Waals surface area contributed by atoms with Crippen molar-refractivity contribution in [2.24, 2.45) is 34.5 Å². The van der Waals surface area contributed by atoms with Gasteiger partial charge in [-0.25, -0.2) is 0 Å². The minimum absolute atomic E-state index is 0.00643. The Hall–Kier alpha value is -1.36. The Kier molecular flexibility index (Phi) is 4.92. The van der Waals surface area contributed by atoms with E-state index in [4.69, 9.17) is 0 Å². The van der Waals surface area contributed by atoms with Gasteiger partial charge in [0, 0.05) is 30.5 Å². The van der Waals surface area contributed by atoms with Crippen molar-refractivity contribution in [2.45, 2.75) is 77.9 Å². The Bertz CT molecular complexity index is 734. The van der Waals surface area contributed by atoms with Crippen LogP contribution in [0.1, 0.15) is 66.2 Å². The molecule has 0 saturated heterocycles. The summed E-state index contributed by atoms with van der Waals surface area (Å²) in [5.74, 6) is 1.70. The van der Waals surface area contributed by atoms with Gasteiger partial charge in [-0.15, -0.1) is 0 Å². The molecule has 162 valence electrons. The van der Waals surface area contributed by atoms with E-state index in [1.807, 2.05) is 11.9 Å². The van der Waals surface area contributed by atoms with Crippen LogP contribution in [0.15, 0.2) is 12.2 Å². The number of amides is 2. The summed E-state index contributed by atoms with van der Waals surface area (Å²) in [4.78, 5) is 27.2. The summed E-state index contributed by atoms with van der Waals surface area (Å²) in [5.41, 5.74) is -1.63. The van der Waals surface area contributed by atoms with Crippen molar-refractivity contribution in [1.82, 2.24) is 10.2 Å². The lowest BCUT2D eigenvalue weighted by molar-refractivity contribution is -0.168. The van der Waals surface area contributed by atoms with Crippen LogP contribution in [0.4, 0.5) is 0 Å². The van der Waals surface area contributed by atoms with Crippen LogP contribution in [0.5, 0.6) is 0 Å². The lowest BCUT2D eigenvalue weighted by Gasteiger charge is -2.60. The van der Waals surface area contributed by atoms with Crippen molar-refractivity contribution in [3.63, 3.8) is 0 Å². The summed E-state index contributed by atoms with van der Waals surface area (Å²) in [6, 6.07) is 0.264. The summed E-state index contributed by atoms with van der Waals surface area (Å²) in [6.07, 6.45) is 9.40. The zero-order chi connectivity index (χ0) is 21.2. The normalized spacial score (nSPS) is 46.3. The highest BCUT2D eigenvalue weighted by molar-refractivity contribution is 5.89. The van der Waals surface area contributed by atoms with E-state index in [2.05, 4.69) is 39.1 Å². The standard InChI is InChI=1S/C24H38N2O3/c1-15(2)14-25-21(28)24(29)13-9-18-16-6-7-19-22(3,11-10-20(27)26(19)5)17(16)8-12-23(18,24)4/h10-11,15-19,29H,6-9,12-14H2,1-5H3,(H,25,28)/t16-,17-,18+,19?,22-,23+,24?/m1/s1. The predicted octanol–water partition coefficient (Wildman–Crippen LogP) is 3.13. The van der Waals surface area contributed by atoms with E-state index >= 15 is 0 Å². The Labute approximate surface area is 175 Å². The van der Waals surface area contributed by atoms with Crippen LogP contribution in [0.2, 0.25) is 0 Å². The highest BCUT2D eigenvalue weighted by Crippen LogP contribution is 2.66. The molecule has 3 saturated carbocycles. The number of aliphatic hydroxyl groups is 1. The van der Waals surface area contributed by atoms with E-state index in [1.54, 1.807) is 6.08 Å². The molecule has 0 radical (unpaired) electrons. The predicted molar refractivity (Wildman–Crippen MR) is 113 cm³/mol. The molecule has 0 aromatic heterocycles. The number of carbonyl (C=O) groups excluding carboxylic acids is 2. The van der Waals surface area contributed by atoms with Gasteiger partial charge >= 0.3 is 0 Å². The zero-order valence-electron chi connectivity index (χ0n) is 18.7. The number of carbonyl (C=O) groups is 2. The molecule has 5 nitrogen and oxygen atoms in total. The molecule has 2 amide bonds. The molecule has 4 rings (SSSR count). The largest absolute Gasteiger partial charge is 0.379 e. The molecule has 5 heteroatoms. The number of fused-ring (bicyclic) bond motifs is 5. The van der Waals surface area contributed by atoms with Gasteiger partial charge in [-0.2, -0.15) is 0 Å². The van der Waals surface area contributed by atoms with Gasteiger partial charge in [0.15, 0.2) is 0 Å². The van der Waals surface area contributed by atoms with Crippen LogP contribution in [0.25, 0.3) is 0 Å². The Morgan fingerprint density at radius 3 is 2.59 bits per heavy atom. The van der Waals surface area contributed by atoms with Crippen molar-refractivity contribution in [2.75, 3.05) is 13.6 Å². The van der Waals surface area contributed by atoms with Crippen LogP contribution >= 0.6 is 0 Å². The first-order valence-corrected chi connectivity index (χ1v) is 11.5. The average Bonchev–Trinajstić information content (AvgIpc) is 2.95. The smallest absolute Gasteiger partial charge is 0.252 e. The molecule has 0 bridgehead atoms. The molecule has 0 aromatic carbocycles. The first kappa shape index (κ1) is 20.9. The van der Waals surface area contributed by atoms with Crippen LogP contribution in [-0.4, -0.2) is 47.1 Å². The van der Waals surface area contributed by atoms with E-state index in [0.717, 1.165) is 32.1 Å². The number of hydrogen-bond acceptors (Lipinski definition) is 3. The van der Waals surface area contributed by atoms with Crippen molar-refractivity contribution < 1.29 is 14.7 Å². The molecule has 2 N–H and O–H groups in total. The molecule has 0 spiro atoms. The van der Waals surface area contributed by atoms with Gasteiger partial charge in [0.2, 0.25) is 5.91 Å². The van der Waals surface area contributed by atoms with Gasteiger partial charge in [-0.3, -0.25) is 9.59 Å². The minimum atomic E-state index is -1.26. The maximum Gasteiger partial charge on any atom is 0.252 e. The van der Waals surface area contributed by atoms with Crippen LogP contribution in [-0.2, 0) is 9.59 Å². The number of nitrogens with zero attached hydrogens (tertiary/aromatic N) is 1. The second-order valence-corrected chi connectivity index (χ2v) is 11.1. The summed E-state index contributed by atoms with van der Waals surface area (Å²) < 4.78 is 0. The number of hydrogen-bond donors (Lipinski definition) is 2. The quantitative estimate of drug-likeness (QED) is 0.762.